The molecule has 27 heavy (non-hydrogen) atoms. The number of nitrogens with one attached hydrogen (secondary N) is 2. The highest BCUT2D eigenvalue weighted by molar-refractivity contribution is 7.99. The number of hydrogen-bond donors (Lipinski definition) is 3. The van der Waals surface area contributed by atoms with Crippen LogP contribution in [0.3, 0.4) is 0 Å². The van der Waals surface area contributed by atoms with E-state index in [1.165, 1.54) is 11.8 Å². The number of H-pyrrole nitrogens is 1. The lowest BCUT2D eigenvalue weighted by molar-refractivity contribution is -0.115. The number of aliphatic hydroxyl groups is 1. The molecular weight excluding hydrogens is 409 g/mol. The lowest BCUT2D eigenvalue weighted by Crippen LogP contribution is -2.20. The Morgan fingerprint density at radius 1 is 1.26 bits per heavy atom. The third-order valence-electron chi connectivity index (χ3n) is 4.06. The molecule has 4 rings (SSSR count). The minimum atomic E-state index is -0.677. The number of anilines is 1. The van der Waals surface area contributed by atoms with E-state index in [-0.39, 0.29) is 12.5 Å². The average molecular weight is 424 g/mol. The predicted octanol–water partition coefficient (Wildman–Crippen LogP) is 3.90. The molecule has 0 aliphatic carbocycles. The van der Waals surface area contributed by atoms with Crippen molar-refractivity contribution in [1.29, 1.82) is 0 Å². The van der Waals surface area contributed by atoms with E-state index in [4.69, 9.17) is 27.9 Å². The van der Waals surface area contributed by atoms with Crippen molar-refractivity contribution >= 4 is 57.6 Å². The van der Waals surface area contributed by atoms with Crippen molar-refractivity contribution in [3.8, 4) is 5.75 Å². The van der Waals surface area contributed by atoms with Crippen molar-refractivity contribution in [3.05, 3.63) is 45.9 Å². The number of amides is 1. The van der Waals surface area contributed by atoms with Gasteiger partial charge in [0.1, 0.15) is 12.4 Å². The first-order valence-corrected chi connectivity index (χ1v) is 9.93. The first-order valence-electron chi connectivity index (χ1n) is 8.19. The molecule has 0 radical (unpaired) electrons. The summed E-state index contributed by atoms with van der Waals surface area (Å²) in [7, 11) is 0. The Morgan fingerprint density at radius 2 is 2.07 bits per heavy atom. The van der Waals surface area contributed by atoms with Crippen LogP contribution in [0.2, 0.25) is 10.0 Å². The number of aromatic amines is 1. The maximum absolute atomic E-state index is 11.4. The van der Waals surface area contributed by atoms with Crippen LogP contribution in [-0.2, 0) is 11.2 Å². The molecule has 6 nitrogen and oxygen atoms in total. The van der Waals surface area contributed by atoms with Crippen molar-refractivity contribution < 1.29 is 14.6 Å². The summed E-state index contributed by atoms with van der Waals surface area (Å²) in [5.41, 5.74) is 3.23. The van der Waals surface area contributed by atoms with Crippen LogP contribution in [0.25, 0.3) is 11.0 Å². The number of aromatic nitrogens is 2. The standard InChI is InChI=1S/C18H15Cl2N3O3S/c19-12-5-15-16(6-13(12)20)23-18(22-15)27-8-10(24)7-26-11-1-2-14-9(3-11)4-17(25)21-14/h1-3,5-6,10,24H,4,7-8H2,(H,21,25)(H,22,23)/t10-/m1/s1. The Labute approximate surface area is 169 Å². The molecule has 140 valence electrons. The largest absolute Gasteiger partial charge is 0.491 e. The number of carbonyl (C=O) groups excluding carboxylic acids is 1. The van der Waals surface area contributed by atoms with E-state index in [0.29, 0.717) is 33.1 Å². The quantitative estimate of drug-likeness (QED) is 0.523. The second-order valence-corrected chi connectivity index (χ2v) is 7.97. The van der Waals surface area contributed by atoms with Gasteiger partial charge in [0.25, 0.3) is 0 Å². The van der Waals surface area contributed by atoms with Gasteiger partial charge in [-0.25, -0.2) is 4.98 Å². The molecule has 2 aromatic carbocycles. The number of benzene rings is 2. The normalized spacial score (nSPS) is 14.3. The van der Waals surface area contributed by atoms with Gasteiger partial charge in [0.05, 0.1) is 33.6 Å². The predicted molar refractivity (Wildman–Crippen MR) is 107 cm³/mol. The summed E-state index contributed by atoms with van der Waals surface area (Å²) in [4.78, 5) is 18.9. The van der Waals surface area contributed by atoms with Crippen molar-refractivity contribution in [2.45, 2.75) is 17.7 Å². The topological polar surface area (TPSA) is 87.2 Å². The van der Waals surface area contributed by atoms with Crippen LogP contribution in [0.15, 0.2) is 35.5 Å². The minimum absolute atomic E-state index is 0.0213. The summed E-state index contributed by atoms with van der Waals surface area (Å²) < 4.78 is 5.64. The third-order valence-corrected chi connectivity index (χ3v) is 5.80. The van der Waals surface area contributed by atoms with Crippen LogP contribution in [0.4, 0.5) is 5.69 Å². The van der Waals surface area contributed by atoms with E-state index in [1.807, 2.05) is 6.07 Å². The highest BCUT2D eigenvalue weighted by atomic mass is 35.5. The van der Waals surface area contributed by atoms with Crippen LogP contribution >= 0.6 is 35.0 Å². The summed E-state index contributed by atoms with van der Waals surface area (Å²) >= 11 is 13.4. The van der Waals surface area contributed by atoms with Gasteiger partial charge < -0.3 is 20.1 Å². The molecule has 0 saturated heterocycles. The fraction of sp³-hybridized carbons (Fsp3) is 0.222. The molecule has 3 aromatic rings. The summed E-state index contributed by atoms with van der Waals surface area (Å²) in [6.07, 6.45) is -0.325. The van der Waals surface area contributed by atoms with E-state index < -0.39 is 6.10 Å². The van der Waals surface area contributed by atoms with E-state index in [0.717, 1.165) is 22.3 Å². The third kappa shape index (κ3) is 4.16. The minimum Gasteiger partial charge on any atom is -0.491 e. The smallest absolute Gasteiger partial charge is 0.228 e. The molecule has 2 heterocycles. The fourth-order valence-electron chi connectivity index (χ4n) is 2.76. The summed E-state index contributed by atoms with van der Waals surface area (Å²) in [5.74, 6) is 1.01. The van der Waals surface area contributed by atoms with Gasteiger partial charge in [-0.05, 0) is 35.9 Å². The van der Waals surface area contributed by atoms with Crippen LogP contribution in [0, 0.1) is 0 Å². The Bertz CT molecular complexity index is 985. The van der Waals surface area contributed by atoms with Gasteiger partial charge in [-0.15, -0.1) is 0 Å². The van der Waals surface area contributed by atoms with Crippen molar-refractivity contribution in [3.63, 3.8) is 0 Å². The molecule has 1 aromatic heterocycles. The molecule has 0 fully saturated rings. The zero-order valence-electron chi connectivity index (χ0n) is 14.0. The molecular formula is C18H15Cl2N3O3S. The fourth-order valence-corrected chi connectivity index (χ4v) is 3.87. The Hall–Kier alpha value is -1.93. The second kappa shape index (κ2) is 7.59. The Balaban J connectivity index is 1.32. The summed E-state index contributed by atoms with van der Waals surface area (Å²) in [5, 5.41) is 14.5. The number of fused-ring (bicyclic) bond motifs is 2. The maximum atomic E-state index is 11.4. The zero-order valence-corrected chi connectivity index (χ0v) is 16.3. The zero-order chi connectivity index (χ0) is 19.0. The lowest BCUT2D eigenvalue weighted by Gasteiger charge is -2.12. The van der Waals surface area contributed by atoms with Gasteiger partial charge >= 0.3 is 0 Å². The number of nitrogens with zero attached hydrogens (tertiary/aromatic N) is 1. The van der Waals surface area contributed by atoms with Crippen LogP contribution in [0.1, 0.15) is 5.56 Å². The lowest BCUT2D eigenvalue weighted by atomic mass is 10.1. The van der Waals surface area contributed by atoms with Gasteiger partial charge in [-0.2, -0.15) is 0 Å². The molecule has 0 unspecified atom stereocenters. The molecule has 0 spiro atoms. The molecule has 9 heteroatoms. The van der Waals surface area contributed by atoms with E-state index in [9.17, 15) is 9.90 Å². The number of carbonyl (C=O) groups is 1. The van der Waals surface area contributed by atoms with E-state index in [1.54, 1.807) is 24.3 Å². The number of hydrogen-bond acceptors (Lipinski definition) is 5. The van der Waals surface area contributed by atoms with Crippen LogP contribution in [0.5, 0.6) is 5.75 Å². The first kappa shape index (κ1) is 18.4. The monoisotopic (exact) mass is 423 g/mol. The maximum Gasteiger partial charge on any atom is 0.228 e. The van der Waals surface area contributed by atoms with Crippen molar-refractivity contribution in [2.75, 3.05) is 17.7 Å². The second-order valence-electron chi connectivity index (χ2n) is 6.15. The van der Waals surface area contributed by atoms with Crippen molar-refractivity contribution in [1.82, 2.24) is 9.97 Å². The number of ether oxygens (including phenoxy) is 1. The van der Waals surface area contributed by atoms with Gasteiger partial charge in [-0.1, -0.05) is 35.0 Å². The highest BCUT2D eigenvalue weighted by Gasteiger charge is 2.18. The van der Waals surface area contributed by atoms with Gasteiger partial charge in [-0.3, -0.25) is 4.79 Å². The number of thioether (sulfide) groups is 1. The molecule has 1 aliphatic heterocycles. The van der Waals surface area contributed by atoms with E-state index >= 15 is 0 Å². The number of imidazole rings is 1. The molecule has 3 N–H and O–H groups in total. The number of aliphatic hydroxyl groups excluding tert-OH is 1. The first-order chi connectivity index (χ1) is 13.0. The molecule has 1 aliphatic rings. The molecule has 1 amide bonds. The SMILES string of the molecule is O=C1Cc2cc(OC[C@@H](O)CSc3nc4cc(Cl)c(Cl)cc4[nH]3)ccc2N1. The van der Waals surface area contributed by atoms with Gasteiger partial charge in [0.2, 0.25) is 5.91 Å². The molecule has 0 bridgehead atoms. The van der Waals surface area contributed by atoms with E-state index in [2.05, 4.69) is 15.3 Å². The average Bonchev–Trinajstić information content (AvgIpc) is 3.19. The molecule has 0 saturated carbocycles. The summed E-state index contributed by atoms with van der Waals surface area (Å²) in [6.45, 7) is 0.144. The number of rotatable bonds is 6. The van der Waals surface area contributed by atoms with Crippen LogP contribution < -0.4 is 10.1 Å². The summed E-state index contributed by atoms with van der Waals surface area (Å²) in [6, 6.07) is 8.83. The highest BCUT2D eigenvalue weighted by Crippen LogP contribution is 2.29. The van der Waals surface area contributed by atoms with Gasteiger partial charge in [0, 0.05) is 11.4 Å². The van der Waals surface area contributed by atoms with Gasteiger partial charge in [0.15, 0.2) is 5.16 Å². The van der Waals surface area contributed by atoms with Crippen molar-refractivity contribution in [2.24, 2.45) is 0 Å². The Kier molecular flexibility index (Phi) is 5.19. The molecule has 1 atom stereocenters. The van der Waals surface area contributed by atoms with Crippen LogP contribution in [-0.4, -0.2) is 39.4 Å². The Morgan fingerprint density at radius 3 is 2.93 bits per heavy atom. The number of halogens is 2.